The zero-order valence-electron chi connectivity index (χ0n) is 22.1. The van der Waals surface area contributed by atoms with Gasteiger partial charge in [-0.3, -0.25) is 4.79 Å². The van der Waals surface area contributed by atoms with Crippen molar-refractivity contribution in [3.05, 3.63) is 82.5 Å². The Morgan fingerprint density at radius 1 is 0.907 bits per heavy atom. The van der Waals surface area contributed by atoms with Crippen LogP contribution in [0.4, 0.5) is 0 Å². The zero-order valence-corrected chi connectivity index (χ0v) is 22.1. The second-order valence-corrected chi connectivity index (χ2v) is 9.59. The molecule has 1 aliphatic rings. The molecule has 7 N–H and O–H groups in total. The van der Waals surface area contributed by atoms with E-state index in [-0.39, 0.29) is 33.8 Å². The van der Waals surface area contributed by atoms with E-state index in [0.29, 0.717) is 5.56 Å². The molecule has 0 bridgehead atoms. The third-order valence-electron chi connectivity index (χ3n) is 6.69. The Morgan fingerprint density at radius 2 is 1.63 bits per heavy atom. The number of ether oxygens (including phenoxy) is 3. The van der Waals surface area contributed by atoms with Crippen LogP contribution in [0.1, 0.15) is 5.56 Å². The number of aliphatic hydroxyl groups excluding tert-OH is 3. The lowest BCUT2D eigenvalue weighted by atomic mass is 9.99. The van der Waals surface area contributed by atoms with Crippen molar-refractivity contribution in [2.75, 3.05) is 6.61 Å². The van der Waals surface area contributed by atoms with Crippen LogP contribution in [-0.2, 0) is 14.3 Å². The molecule has 0 aliphatic carbocycles. The van der Waals surface area contributed by atoms with E-state index in [0.717, 1.165) is 18.2 Å². The normalized spacial score (nSPS) is 22.1. The van der Waals surface area contributed by atoms with E-state index in [1.54, 1.807) is 12.1 Å². The summed E-state index contributed by atoms with van der Waals surface area (Å²) in [6.45, 7) is -0.799. The number of benzene rings is 3. The molecule has 4 aromatic rings. The molecule has 1 aliphatic heterocycles. The molecule has 3 aromatic carbocycles. The smallest absolute Gasteiger partial charge is 0.331 e. The lowest BCUT2D eigenvalue weighted by molar-refractivity contribution is -0.280. The summed E-state index contributed by atoms with van der Waals surface area (Å²) in [6.07, 6.45) is -6.42. The van der Waals surface area contributed by atoms with Crippen molar-refractivity contribution < 1.29 is 59.2 Å². The Hall–Kier alpha value is -5.08. The second kappa shape index (κ2) is 12.0. The van der Waals surface area contributed by atoms with Crippen LogP contribution < -0.4 is 10.2 Å². The Labute approximate surface area is 242 Å². The number of phenols is 4. The third kappa shape index (κ3) is 5.96. The zero-order chi connectivity index (χ0) is 30.8. The number of esters is 1. The Morgan fingerprint density at radius 3 is 2.33 bits per heavy atom. The minimum atomic E-state index is -1.92. The maximum atomic E-state index is 13.6. The number of phenolic OH excluding ortho intramolecular Hbond substituents is 4. The van der Waals surface area contributed by atoms with Gasteiger partial charge in [-0.05, 0) is 36.4 Å². The van der Waals surface area contributed by atoms with E-state index in [1.165, 1.54) is 42.5 Å². The van der Waals surface area contributed by atoms with E-state index in [4.69, 9.17) is 18.6 Å². The van der Waals surface area contributed by atoms with Gasteiger partial charge in [0.05, 0.1) is 6.61 Å². The molecule has 1 unspecified atom stereocenters. The lowest BCUT2D eigenvalue weighted by Gasteiger charge is -2.41. The van der Waals surface area contributed by atoms with Crippen molar-refractivity contribution in [3.8, 4) is 40.1 Å². The fraction of sp³-hybridized carbons (Fsp3) is 0.200. The van der Waals surface area contributed by atoms with Crippen LogP contribution in [0.5, 0.6) is 28.7 Å². The average molecular weight is 595 g/mol. The number of para-hydroxylation sites is 1. The first-order chi connectivity index (χ1) is 20.6. The van der Waals surface area contributed by atoms with Gasteiger partial charge in [-0.1, -0.05) is 18.2 Å². The first-order valence-electron chi connectivity index (χ1n) is 12.9. The fourth-order valence-electron chi connectivity index (χ4n) is 4.54. The molecule has 43 heavy (non-hydrogen) atoms. The summed E-state index contributed by atoms with van der Waals surface area (Å²) in [5.74, 6) is -3.09. The van der Waals surface area contributed by atoms with E-state index in [1.807, 2.05) is 0 Å². The van der Waals surface area contributed by atoms with Crippen molar-refractivity contribution in [1.29, 1.82) is 0 Å². The van der Waals surface area contributed by atoms with Gasteiger partial charge in [0.1, 0.15) is 46.2 Å². The highest BCUT2D eigenvalue weighted by Gasteiger charge is 2.48. The minimum absolute atomic E-state index is 0.100. The van der Waals surface area contributed by atoms with Gasteiger partial charge in [-0.15, -0.1) is 0 Å². The number of hydrogen-bond donors (Lipinski definition) is 7. The summed E-state index contributed by atoms with van der Waals surface area (Å²) in [6, 6.07) is 13.5. The molecule has 5 atom stereocenters. The molecule has 1 saturated heterocycles. The summed E-state index contributed by atoms with van der Waals surface area (Å²) < 4.78 is 22.3. The first kappa shape index (κ1) is 29.4. The molecule has 0 spiro atoms. The molecular formula is C30H26O13. The van der Waals surface area contributed by atoms with Crippen LogP contribution in [-0.4, -0.2) is 79.0 Å². The molecule has 1 aromatic heterocycles. The molecular weight excluding hydrogens is 568 g/mol. The Kier molecular flexibility index (Phi) is 8.23. The van der Waals surface area contributed by atoms with Crippen LogP contribution in [0.15, 0.2) is 76.0 Å². The SMILES string of the molecule is O=C(C=Cc1ccccc1O)O[C@H]1[C@H](O)[C@@H](CO)OC(Oc2c(-c3ccc(O)cc3)oc3cc(O)cc(O)c3c2=O)[C@@H]1O. The van der Waals surface area contributed by atoms with Crippen molar-refractivity contribution in [1.82, 2.24) is 0 Å². The Balaban J connectivity index is 1.50. The molecule has 13 nitrogen and oxygen atoms in total. The maximum Gasteiger partial charge on any atom is 0.331 e. The van der Waals surface area contributed by atoms with E-state index >= 15 is 0 Å². The second-order valence-electron chi connectivity index (χ2n) is 9.59. The number of aromatic hydroxyl groups is 4. The van der Waals surface area contributed by atoms with Gasteiger partial charge in [0.2, 0.25) is 17.5 Å². The van der Waals surface area contributed by atoms with Gasteiger partial charge in [-0.25, -0.2) is 4.79 Å². The molecule has 0 saturated carbocycles. The van der Waals surface area contributed by atoms with Crippen LogP contribution >= 0.6 is 0 Å². The minimum Gasteiger partial charge on any atom is -0.508 e. The molecule has 13 heteroatoms. The molecule has 0 radical (unpaired) electrons. The number of hydrogen-bond acceptors (Lipinski definition) is 13. The van der Waals surface area contributed by atoms with E-state index in [9.17, 15) is 45.3 Å². The highest BCUT2D eigenvalue weighted by atomic mass is 16.7. The molecule has 5 rings (SSSR count). The van der Waals surface area contributed by atoms with Crippen molar-refractivity contribution in [2.24, 2.45) is 0 Å². The molecule has 2 heterocycles. The van der Waals surface area contributed by atoms with Gasteiger partial charge in [0.15, 0.2) is 18.0 Å². The quantitative estimate of drug-likeness (QED) is 0.120. The van der Waals surface area contributed by atoms with Gasteiger partial charge in [0, 0.05) is 29.3 Å². The standard InChI is InChI=1S/C30H26O13/c31-13-21-24(37)28(42-22(36)10-7-14-3-1-2-4-18(14)34)26(39)30(41-21)43-29-25(38)23-19(35)11-17(33)12-20(23)40-27(29)15-5-8-16(32)9-6-15/h1-12,21,24,26,28,30-35,37,39H,13H2/t21-,24-,26-,28+,30?/m1/s1. The predicted molar refractivity (Wildman–Crippen MR) is 148 cm³/mol. The monoisotopic (exact) mass is 594 g/mol. The van der Waals surface area contributed by atoms with Crippen molar-refractivity contribution in [3.63, 3.8) is 0 Å². The summed E-state index contributed by atoms with van der Waals surface area (Å²) >= 11 is 0. The van der Waals surface area contributed by atoms with Crippen LogP contribution in [0.2, 0.25) is 0 Å². The highest BCUT2D eigenvalue weighted by Crippen LogP contribution is 2.37. The molecule has 1 fully saturated rings. The van der Waals surface area contributed by atoms with Crippen molar-refractivity contribution >= 4 is 23.0 Å². The number of carbonyl (C=O) groups is 1. The number of fused-ring (bicyclic) bond motifs is 1. The largest absolute Gasteiger partial charge is 0.508 e. The van der Waals surface area contributed by atoms with Gasteiger partial charge < -0.3 is 54.4 Å². The molecule has 0 amide bonds. The fourth-order valence-corrected chi connectivity index (χ4v) is 4.54. The number of carbonyl (C=O) groups excluding carboxylic acids is 1. The van der Waals surface area contributed by atoms with E-state index < -0.39 is 66.0 Å². The summed E-state index contributed by atoms with van der Waals surface area (Å²) in [5.41, 5.74) is -0.655. The van der Waals surface area contributed by atoms with Gasteiger partial charge >= 0.3 is 5.97 Å². The summed E-state index contributed by atoms with van der Waals surface area (Å²) in [5, 5.41) is 71.1. The van der Waals surface area contributed by atoms with Crippen LogP contribution in [0, 0.1) is 0 Å². The summed E-state index contributed by atoms with van der Waals surface area (Å²) in [4.78, 5) is 26.2. The maximum absolute atomic E-state index is 13.6. The predicted octanol–water partition coefficient (Wildman–Crippen LogP) is 1.73. The summed E-state index contributed by atoms with van der Waals surface area (Å²) in [7, 11) is 0. The number of rotatable bonds is 7. The van der Waals surface area contributed by atoms with Crippen LogP contribution in [0.3, 0.4) is 0 Å². The van der Waals surface area contributed by atoms with E-state index in [2.05, 4.69) is 0 Å². The highest BCUT2D eigenvalue weighted by molar-refractivity contribution is 5.89. The average Bonchev–Trinajstić information content (AvgIpc) is 2.97. The van der Waals surface area contributed by atoms with Crippen LogP contribution in [0.25, 0.3) is 28.4 Å². The Bertz CT molecular complexity index is 1730. The van der Waals surface area contributed by atoms with Gasteiger partial charge in [-0.2, -0.15) is 0 Å². The third-order valence-corrected chi connectivity index (χ3v) is 6.69. The topological polar surface area (TPSA) is 217 Å². The molecule has 224 valence electrons. The van der Waals surface area contributed by atoms with Gasteiger partial charge in [0.25, 0.3) is 0 Å². The van der Waals surface area contributed by atoms with Crippen molar-refractivity contribution in [2.45, 2.75) is 30.7 Å². The first-order valence-corrected chi connectivity index (χ1v) is 12.9. The lowest BCUT2D eigenvalue weighted by Crippen LogP contribution is -2.61. The number of aliphatic hydroxyl groups is 3.